The Morgan fingerprint density at radius 3 is 2.28 bits per heavy atom. The lowest BCUT2D eigenvalue weighted by Crippen LogP contribution is -2.52. The van der Waals surface area contributed by atoms with Crippen LogP contribution in [-0.4, -0.2) is 57.2 Å². The van der Waals surface area contributed by atoms with Gasteiger partial charge in [-0.3, -0.25) is 0 Å². The molecular formula is C26H40Cl2N2O2. The van der Waals surface area contributed by atoms with Gasteiger partial charge in [0.25, 0.3) is 0 Å². The van der Waals surface area contributed by atoms with Gasteiger partial charge >= 0.3 is 0 Å². The molecule has 0 N–H and O–H groups in total. The highest BCUT2D eigenvalue weighted by molar-refractivity contribution is 5.85. The summed E-state index contributed by atoms with van der Waals surface area (Å²) in [7, 11) is 7.85. The number of rotatable bonds is 8. The Morgan fingerprint density at radius 2 is 1.66 bits per heavy atom. The van der Waals surface area contributed by atoms with E-state index in [2.05, 4.69) is 80.2 Å². The summed E-state index contributed by atoms with van der Waals surface area (Å²) in [6.45, 7) is 7.91. The van der Waals surface area contributed by atoms with E-state index in [9.17, 15) is 0 Å². The van der Waals surface area contributed by atoms with Crippen molar-refractivity contribution in [2.45, 2.75) is 44.7 Å². The van der Waals surface area contributed by atoms with Crippen LogP contribution in [0.5, 0.6) is 11.5 Å². The van der Waals surface area contributed by atoms with Crippen molar-refractivity contribution in [3.05, 3.63) is 59.7 Å². The van der Waals surface area contributed by atoms with Gasteiger partial charge in [0.05, 0.1) is 14.2 Å². The van der Waals surface area contributed by atoms with E-state index < -0.39 is 0 Å². The van der Waals surface area contributed by atoms with Gasteiger partial charge in [0, 0.05) is 24.5 Å². The van der Waals surface area contributed by atoms with E-state index in [0.717, 1.165) is 31.1 Å². The molecule has 0 saturated carbocycles. The van der Waals surface area contributed by atoms with Crippen molar-refractivity contribution in [1.82, 2.24) is 9.80 Å². The second-order valence-corrected chi connectivity index (χ2v) is 9.09. The first-order valence-electron chi connectivity index (χ1n) is 11.0. The highest BCUT2D eigenvalue weighted by Crippen LogP contribution is 2.44. The molecule has 0 aliphatic carbocycles. The Bertz CT molecular complexity index is 821. The van der Waals surface area contributed by atoms with Gasteiger partial charge in [-0.1, -0.05) is 43.3 Å². The molecule has 3 unspecified atom stereocenters. The molecule has 0 spiro atoms. The molecule has 1 aliphatic rings. The topological polar surface area (TPSA) is 24.9 Å². The highest BCUT2D eigenvalue weighted by atomic mass is 35.5. The van der Waals surface area contributed by atoms with Crippen LogP contribution in [0.15, 0.2) is 48.5 Å². The van der Waals surface area contributed by atoms with Crippen LogP contribution in [0.2, 0.25) is 0 Å². The second kappa shape index (κ2) is 12.7. The molecule has 0 radical (unpaired) electrons. The fourth-order valence-corrected chi connectivity index (χ4v) is 5.10. The number of likely N-dealkylation sites (tertiary alicyclic amines) is 1. The summed E-state index contributed by atoms with van der Waals surface area (Å²) in [5.74, 6) is 2.19. The number of hydrogen-bond donors (Lipinski definition) is 0. The third-order valence-corrected chi connectivity index (χ3v) is 7.11. The van der Waals surface area contributed by atoms with E-state index in [0.29, 0.717) is 12.0 Å². The second-order valence-electron chi connectivity index (χ2n) is 9.09. The number of nitrogens with zero attached hydrogens (tertiary/aromatic N) is 2. The standard InChI is InChI=1S/C26H38N2O2.2ClH/c1-20-18-28(4)21(2)17-26(20,23-10-8-7-9-11-23)14-15-27(3)19-22-12-13-24(29-5)25(16-22)30-6;;/h7-13,16,20-21H,14-15,17-19H2,1-6H3;2*1H. The van der Waals surface area contributed by atoms with Crippen LogP contribution in [0.3, 0.4) is 0 Å². The molecular weight excluding hydrogens is 443 g/mol. The SMILES string of the molecule is COc1ccc(CN(C)CCC2(c3ccccc3)CC(C)N(C)CC2C)cc1OC.Cl.Cl. The summed E-state index contributed by atoms with van der Waals surface area (Å²) in [5, 5.41) is 0. The minimum Gasteiger partial charge on any atom is -0.493 e. The Hall–Kier alpha value is -1.46. The molecule has 4 nitrogen and oxygen atoms in total. The molecule has 1 fully saturated rings. The van der Waals surface area contributed by atoms with Gasteiger partial charge < -0.3 is 19.3 Å². The van der Waals surface area contributed by atoms with Crippen LogP contribution in [0.4, 0.5) is 0 Å². The minimum absolute atomic E-state index is 0. The zero-order valence-corrected chi connectivity index (χ0v) is 22.0. The van der Waals surface area contributed by atoms with Gasteiger partial charge in [-0.15, -0.1) is 24.8 Å². The molecule has 2 aromatic carbocycles. The van der Waals surface area contributed by atoms with Crippen molar-refractivity contribution >= 4 is 24.8 Å². The van der Waals surface area contributed by atoms with Crippen LogP contribution >= 0.6 is 24.8 Å². The predicted molar refractivity (Wildman–Crippen MR) is 139 cm³/mol. The zero-order valence-electron chi connectivity index (χ0n) is 20.3. The maximum Gasteiger partial charge on any atom is 0.161 e. The van der Waals surface area contributed by atoms with E-state index in [1.165, 1.54) is 24.0 Å². The summed E-state index contributed by atoms with van der Waals surface area (Å²) in [5.41, 5.74) is 2.96. The number of benzene rings is 2. The van der Waals surface area contributed by atoms with Crippen LogP contribution in [0, 0.1) is 5.92 Å². The zero-order chi connectivity index (χ0) is 21.7. The number of hydrogen-bond acceptors (Lipinski definition) is 4. The van der Waals surface area contributed by atoms with Crippen molar-refractivity contribution in [3.8, 4) is 11.5 Å². The minimum atomic E-state index is 0. The average Bonchev–Trinajstić information content (AvgIpc) is 2.76. The molecule has 32 heavy (non-hydrogen) atoms. The largest absolute Gasteiger partial charge is 0.493 e. The number of piperidine rings is 1. The number of halogens is 2. The summed E-state index contributed by atoms with van der Waals surface area (Å²) in [6.07, 6.45) is 2.37. The first kappa shape index (κ1) is 28.6. The normalized spacial score (nSPS) is 23.2. The summed E-state index contributed by atoms with van der Waals surface area (Å²) in [6, 6.07) is 18.0. The van der Waals surface area contributed by atoms with Crippen LogP contribution in [0.1, 0.15) is 37.8 Å². The molecule has 1 aliphatic heterocycles. The Labute approximate surface area is 207 Å². The van der Waals surface area contributed by atoms with Crippen LogP contribution in [0.25, 0.3) is 0 Å². The molecule has 2 aromatic rings. The summed E-state index contributed by atoms with van der Waals surface area (Å²) >= 11 is 0. The van der Waals surface area contributed by atoms with Crippen molar-refractivity contribution in [3.63, 3.8) is 0 Å². The van der Waals surface area contributed by atoms with E-state index >= 15 is 0 Å². The van der Waals surface area contributed by atoms with E-state index in [4.69, 9.17) is 9.47 Å². The van der Waals surface area contributed by atoms with Gasteiger partial charge in [0.2, 0.25) is 0 Å². The highest BCUT2D eigenvalue weighted by Gasteiger charge is 2.43. The Balaban J connectivity index is 0.00000256. The van der Waals surface area contributed by atoms with Crippen molar-refractivity contribution < 1.29 is 9.47 Å². The van der Waals surface area contributed by atoms with Crippen molar-refractivity contribution in [2.75, 3.05) is 41.4 Å². The molecule has 3 atom stereocenters. The molecule has 3 rings (SSSR count). The number of methoxy groups -OCH3 is 2. The monoisotopic (exact) mass is 482 g/mol. The van der Waals surface area contributed by atoms with Gasteiger partial charge in [0.15, 0.2) is 11.5 Å². The molecule has 1 heterocycles. The predicted octanol–water partition coefficient (Wildman–Crippen LogP) is 5.67. The lowest BCUT2D eigenvalue weighted by Gasteiger charge is -2.50. The lowest BCUT2D eigenvalue weighted by molar-refractivity contribution is 0.0622. The summed E-state index contributed by atoms with van der Waals surface area (Å²) < 4.78 is 10.8. The van der Waals surface area contributed by atoms with Gasteiger partial charge in [0.1, 0.15) is 0 Å². The first-order valence-corrected chi connectivity index (χ1v) is 11.0. The lowest BCUT2D eigenvalue weighted by atomic mass is 9.63. The molecule has 180 valence electrons. The van der Waals surface area contributed by atoms with Gasteiger partial charge in [-0.25, -0.2) is 0 Å². The first-order chi connectivity index (χ1) is 14.4. The van der Waals surface area contributed by atoms with Gasteiger partial charge in [-0.05, 0) is 69.6 Å². The third kappa shape index (κ3) is 6.32. The fourth-order valence-electron chi connectivity index (χ4n) is 5.10. The smallest absolute Gasteiger partial charge is 0.161 e. The molecule has 0 amide bonds. The average molecular weight is 484 g/mol. The fraction of sp³-hybridized carbons (Fsp3) is 0.538. The molecule has 6 heteroatoms. The Kier molecular flexibility index (Phi) is 11.3. The quantitative estimate of drug-likeness (QED) is 0.483. The molecule has 0 bridgehead atoms. The maximum absolute atomic E-state index is 5.48. The maximum atomic E-state index is 5.48. The Morgan fingerprint density at radius 1 is 1.00 bits per heavy atom. The molecule has 1 saturated heterocycles. The van der Waals surface area contributed by atoms with Gasteiger partial charge in [-0.2, -0.15) is 0 Å². The van der Waals surface area contributed by atoms with E-state index in [1.54, 1.807) is 14.2 Å². The van der Waals surface area contributed by atoms with Crippen molar-refractivity contribution in [2.24, 2.45) is 5.92 Å². The van der Waals surface area contributed by atoms with Crippen molar-refractivity contribution in [1.29, 1.82) is 0 Å². The third-order valence-electron chi connectivity index (χ3n) is 7.11. The van der Waals surface area contributed by atoms with E-state index in [-0.39, 0.29) is 30.2 Å². The van der Waals surface area contributed by atoms with Crippen LogP contribution in [-0.2, 0) is 12.0 Å². The number of ether oxygens (including phenoxy) is 2. The summed E-state index contributed by atoms with van der Waals surface area (Å²) in [4.78, 5) is 4.95. The van der Waals surface area contributed by atoms with Crippen LogP contribution < -0.4 is 9.47 Å². The van der Waals surface area contributed by atoms with E-state index in [1.807, 2.05) is 6.07 Å². The molecule has 0 aromatic heterocycles.